The number of nitriles is 1. The number of amides is 1. The first-order valence-corrected chi connectivity index (χ1v) is 8.09. The van der Waals surface area contributed by atoms with Crippen molar-refractivity contribution in [3.8, 4) is 11.8 Å². The lowest BCUT2D eigenvalue weighted by Gasteiger charge is -2.08. The van der Waals surface area contributed by atoms with Crippen LogP contribution in [0.1, 0.15) is 5.69 Å². The van der Waals surface area contributed by atoms with Crippen LogP contribution in [0.4, 0.5) is 15.8 Å². The summed E-state index contributed by atoms with van der Waals surface area (Å²) in [5.41, 5.74) is 0.835. The lowest BCUT2D eigenvalue weighted by Crippen LogP contribution is -2.14. The van der Waals surface area contributed by atoms with Crippen molar-refractivity contribution >= 4 is 23.4 Å². The second-order valence-corrected chi connectivity index (χ2v) is 5.68. The molecule has 0 aliphatic heterocycles. The highest BCUT2D eigenvalue weighted by Gasteiger charge is 2.13. The van der Waals surface area contributed by atoms with Gasteiger partial charge in [0.25, 0.3) is 11.6 Å². The third kappa shape index (κ3) is 3.94. The number of rotatable bonds is 5. The van der Waals surface area contributed by atoms with Crippen molar-refractivity contribution in [3.63, 3.8) is 0 Å². The van der Waals surface area contributed by atoms with E-state index in [1.54, 1.807) is 47.2 Å². The maximum Gasteiger partial charge on any atom is 0.269 e. The fourth-order valence-corrected chi connectivity index (χ4v) is 2.53. The molecule has 0 unspecified atom stereocenters. The maximum absolute atomic E-state index is 13.7. The first-order valence-electron chi connectivity index (χ1n) is 8.09. The number of nitro benzene ring substituents is 1. The van der Waals surface area contributed by atoms with Crippen molar-refractivity contribution in [2.75, 3.05) is 5.32 Å². The summed E-state index contributed by atoms with van der Waals surface area (Å²) < 4.78 is 15.4. The summed E-state index contributed by atoms with van der Waals surface area (Å²) in [7, 11) is 0. The Morgan fingerprint density at radius 2 is 1.86 bits per heavy atom. The summed E-state index contributed by atoms with van der Waals surface area (Å²) >= 11 is 0. The van der Waals surface area contributed by atoms with Crippen LogP contribution in [-0.2, 0) is 4.79 Å². The number of non-ortho nitro benzene ring substituents is 1. The summed E-state index contributed by atoms with van der Waals surface area (Å²) in [5.74, 6) is -1.36. The van der Waals surface area contributed by atoms with E-state index in [0.717, 1.165) is 0 Å². The zero-order valence-electron chi connectivity index (χ0n) is 14.4. The van der Waals surface area contributed by atoms with E-state index in [2.05, 4.69) is 5.32 Å². The van der Waals surface area contributed by atoms with Crippen molar-refractivity contribution in [2.24, 2.45) is 0 Å². The SMILES string of the molecule is N#C/C(=C\c1cccn1-c1ccc([N+](=O)[O-])cc1)C(=O)Nc1ccccc1F. The van der Waals surface area contributed by atoms with Gasteiger partial charge in [-0.25, -0.2) is 4.39 Å². The molecule has 0 atom stereocenters. The molecule has 3 aromatic rings. The van der Waals surface area contributed by atoms with E-state index in [0.29, 0.717) is 11.4 Å². The monoisotopic (exact) mass is 376 g/mol. The highest BCUT2D eigenvalue weighted by atomic mass is 19.1. The smallest absolute Gasteiger partial charge is 0.269 e. The molecule has 1 amide bonds. The lowest BCUT2D eigenvalue weighted by atomic mass is 10.2. The molecule has 8 heteroatoms. The summed E-state index contributed by atoms with van der Waals surface area (Å²) in [5, 5.41) is 22.5. The molecule has 0 radical (unpaired) electrons. The van der Waals surface area contributed by atoms with Gasteiger partial charge in [0.1, 0.15) is 17.5 Å². The quantitative estimate of drug-likeness (QED) is 0.314. The summed E-state index contributed by atoms with van der Waals surface area (Å²) in [6, 6.07) is 16.7. The Balaban J connectivity index is 1.89. The summed E-state index contributed by atoms with van der Waals surface area (Å²) in [6.07, 6.45) is 3.05. The number of carbonyl (C=O) groups is 1. The van der Waals surface area contributed by atoms with E-state index in [1.807, 2.05) is 0 Å². The molecule has 28 heavy (non-hydrogen) atoms. The third-order valence-electron chi connectivity index (χ3n) is 3.90. The summed E-state index contributed by atoms with van der Waals surface area (Å²) in [6.45, 7) is 0. The Labute approximate surface area is 159 Å². The number of aromatic nitrogens is 1. The molecule has 0 bridgehead atoms. The van der Waals surface area contributed by atoms with Crippen LogP contribution in [0, 0.1) is 27.3 Å². The van der Waals surface area contributed by atoms with Gasteiger partial charge in [0, 0.05) is 29.7 Å². The Morgan fingerprint density at radius 3 is 2.50 bits per heavy atom. The van der Waals surface area contributed by atoms with Crippen LogP contribution < -0.4 is 5.32 Å². The molecule has 3 rings (SSSR count). The third-order valence-corrected chi connectivity index (χ3v) is 3.90. The average Bonchev–Trinajstić information content (AvgIpc) is 3.16. The minimum atomic E-state index is -0.746. The number of nitro groups is 1. The first kappa shape index (κ1) is 18.5. The van der Waals surface area contributed by atoms with Gasteiger partial charge >= 0.3 is 0 Å². The van der Waals surface area contributed by atoms with Crippen LogP contribution in [0.3, 0.4) is 0 Å². The van der Waals surface area contributed by atoms with Crippen LogP contribution in [0.25, 0.3) is 11.8 Å². The Bertz CT molecular complexity index is 1110. The summed E-state index contributed by atoms with van der Waals surface area (Å²) in [4.78, 5) is 22.6. The van der Waals surface area contributed by atoms with E-state index in [1.165, 1.54) is 36.4 Å². The molecule has 1 N–H and O–H groups in total. The lowest BCUT2D eigenvalue weighted by molar-refractivity contribution is -0.384. The van der Waals surface area contributed by atoms with Gasteiger partial charge in [0.05, 0.1) is 10.6 Å². The van der Waals surface area contributed by atoms with Gasteiger partial charge in [0.2, 0.25) is 0 Å². The molecule has 7 nitrogen and oxygen atoms in total. The molecular weight excluding hydrogens is 363 g/mol. The highest BCUT2D eigenvalue weighted by Crippen LogP contribution is 2.20. The average molecular weight is 376 g/mol. The Hall–Kier alpha value is -4.25. The largest absolute Gasteiger partial charge is 0.319 e. The molecular formula is C20H13FN4O3. The molecule has 0 saturated heterocycles. The fraction of sp³-hybridized carbons (Fsp3) is 0. The van der Waals surface area contributed by atoms with Gasteiger partial charge in [-0.2, -0.15) is 5.26 Å². The van der Waals surface area contributed by atoms with Gasteiger partial charge in [0.15, 0.2) is 0 Å². The minimum Gasteiger partial charge on any atom is -0.319 e. The molecule has 1 aromatic heterocycles. The second kappa shape index (κ2) is 7.97. The molecule has 0 aliphatic rings. The van der Waals surface area contributed by atoms with Gasteiger partial charge in [-0.3, -0.25) is 14.9 Å². The number of benzene rings is 2. The van der Waals surface area contributed by atoms with E-state index in [-0.39, 0.29) is 16.9 Å². The number of hydrogen-bond acceptors (Lipinski definition) is 4. The second-order valence-electron chi connectivity index (χ2n) is 5.68. The topological polar surface area (TPSA) is 101 Å². The van der Waals surface area contributed by atoms with Gasteiger partial charge < -0.3 is 9.88 Å². The normalized spacial score (nSPS) is 10.9. The van der Waals surface area contributed by atoms with Crippen LogP contribution >= 0.6 is 0 Å². The van der Waals surface area contributed by atoms with Crippen molar-refractivity contribution < 1.29 is 14.1 Å². The zero-order valence-corrected chi connectivity index (χ0v) is 14.4. The zero-order chi connectivity index (χ0) is 20.1. The van der Waals surface area contributed by atoms with Gasteiger partial charge in [-0.15, -0.1) is 0 Å². The van der Waals surface area contributed by atoms with Crippen molar-refractivity contribution in [3.05, 3.63) is 94.1 Å². The molecule has 0 aliphatic carbocycles. The van der Waals surface area contributed by atoms with Crippen LogP contribution in [0.15, 0.2) is 72.4 Å². The van der Waals surface area contributed by atoms with Crippen molar-refractivity contribution in [1.29, 1.82) is 5.26 Å². The molecule has 0 fully saturated rings. The van der Waals surface area contributed by atoms with Crippen LogP contribution in [-0.4, -0.2) is 15.4 Å². The van der Waals surface area contributed by atoms with Crippen molar-refractivity contribution in [2.45, 2.75) is 0 Å². The number of nitrogens with one attached hydrogen (secondary N) is 1. The molecule has 1 heterocycles. The first-order chi connectivity index (χ1) is 13.5. The maximum atomic E-state index is 13.7. The van der Waals surface area contributed by atoms with E-state index in [4.69, 9.17) is 0 Å². The van der Waals surface area contributed by atoms with Gasteiger partial charge in [-0.1, -0.05) is 12.1 Å². The molecule has 138 valence electrons. The number of para-hydroxylation sites is 1. The number of hydrogen-bond donors (Lipinski definition) is 1. The van der Waals surface area contributed by atoms with Crippen LogP contribution in [0.5, 0.6) is 0 Å². The molecule has 2 aromatic carbocycles. The number of anilines is 1. The van der Waals surface area contributed by atoms with E-state index < -0.39 is 16.6 Å². The number of halogens is 1. The number of nitrogens with zero attached hydrogens (tertiary/aromatic N) is 3. The molecule has 0 spiro atoms. The molecule has 0 saturated carbocycles. The Kier molecular flexibility index (Phi) is 5.28. The van der Waals surface area contributed by atoms with Gasteiger partial charge in [-0.05, 0) is 42.5 Å². The predicted molar refractivity (Wildman–Crippen MR) is 101 cm³/mol. The predicted octanol–water partition coefficient (Wildman–Crippen LogP) is 4.07. The van der Waals surface area contributed by atoms with Crippen LogP contribution in [0.2, 0.25) is 0 Å². The number of carbonyl (C=O) groups excluding carboxylic acids is 1. The van der Waals surface area contributed by atoms with E-state index in [9.17, 15) is 24.6 Å². The highest BCUT2D eigenvalue weighted by molar-refractivity contribution is 6.09. The fourth-order valence-electron chi connectivity index (χ4n) is 2.53. The standard InChI is InChI=1S/C20H13FN4O3/c21-18-5-1-2-6-19(18)23-20(26)14(13-22)12-17-4-3-11-24(17)15-7-9-16(10-8-15)25(27)28/h1-12H,(H,23,26)/b14-12+. The Morgan fingerprint density at radius 1 is 1.14 bits per heavy atom. The van der Waals surface area contributed by atoms with E-state index >= 15 is 0 Å². The van der Waals surface area contributed by atoms with Crippen molar-refractivity contribution in [1.82, 2.24) is 4.57 Å². The minimum absolute atomic E-state index is 0.0283.